The Morgan fingerprint density at radius 2 is 1.48 bits per heavy atom. The molecule has 31 heavy (non-hydrogen) atoms. The standard InChI is InChI=1S/C23H15N3O5/c24-26-25-15-7-5-14(6-8-15)23(29)31-12-11-30-16-9-10-19-20(13-16)22(28)18-4-2-1-3-17(18)21(19)27/h1-10,13H,11-12H2. The van der Waals surface area contributed by atoms with Gasteiger partial charge in [-0.25, -0.2) is 4.79 Å². The second kappa shape index (κ2) is 8.52. The first kappa shape index (κ1) is 19.9. The van der Waals surface area contributed by atoms with Crippen molar-refractivity contribution in [2.75, 3.05) is 13.2 Å². The van der Waals surface area contributed by atoms with Gasteiger partial charge in [-0.2, -0.15) is 0 Å². The van der Waals surface area contributed by atoms with E-state index in [0.717, 1.165) is 0 Å². The van der Waals surface area contributed by atoms with E-state index in [-0.39, 0.29) is 24.8 Å². The maximum atomic E-state index is 12.7. The van der Waals surface area contributed by atoms with Crippen molar-refractivity contribution in [3.05, 3.63) is 105 Å². The highest BCUT2D eigenvalue weighted by molar-refractivity contribution is 6.28. The third-order valence-corrected chi connectivity index (χ3v) is 4.75. The number of rotatable bonds is 6. The van der Waals surface area contributed by atoms with E-state index in [0.29, 0.717) is 39.3 Å². The van der Waals surface area contributed by atoms with Crippen LogP contribution in [0.5, 0.6) is 5.75 Å². The van der Waals surface area contributed by atoms with Crippen LogP contribution < -0.4 is 4.74 Å². The SMILES string of the molecule is [N-]=[N+]=Nc1ccc(C(=O)OCCOc2ccc3c(c2)C(=O)c2ccccc2C3=O)cc1. The third-order valence-electron chi connectivity index (χ3n) is 4.75. The average molecular weight is 413 g/mol. The predicted molar refractivity (Wildman–Crippen MR) is 111 cm³/mol. The lowest BCUT2D eigenvalue weighted by Gasteiger charge is -2.18. The fourth-order valence-electron chi connectivity index (χ4n) is 3.26. The summed E-state index contributed by atoms with van der Waals surface area (Å²) in [5, 5.41) is 3.43. The van der Waals surface area contributed by atoms with Crippen molar-refractivity contribution >= 4 is 23.2 Å². The van der Waals surface area contributed by atoms with E-state index in [1.807, 2.05) is 0 Å². The first-order valence-corrected chi connectivity index (χ1v) is 9.36. The number of hydrogen-bond donors (Lipinski definition) is 0. The van der Waals surface area contributed by atoms with Gasteiger partial charge in [0.05, 0.1) is 5.56 Å². The van der Waals surface area contributed by atoms with Crippen LogP contribution >= 0.6 is 0 Å². The molecule has 152 valence electrons. The summed E-state index contributed by atoms with van der Waals surface area (Å²) in [5.74, 6) is -0.573. The average Bonchev–Trinajstić information content (AvgIpc) is 2.81. The lowest BCUT2D eigenvalue weighted by atomic mass is 9.84. The van der Waals surface area contributed by atoms with E-state index in [4.69, 9.17) is 15.0 Å². The summed E-state index contributed by atoms with van der Waals surface area (Å²) in [6.07, 6.45) is 0. The molecule has 3 aromatic carbocycles. The normalized spacial score (nSPS) is 11.7. The number of carbonyl (C=O) groups is 3. The number of nitrogens with zero attached hydrogens (tertiary/aromatic N) is 3. The Labute approximate surface area is 176 Å². The number of fused-ring (bicyclic) bond motifs is 2. The summed E-state index contributed by atoms with van der Waals surface area (Å²) < 4.78 is 10.7. The quantitative estimate of drug-likeness (QED) is 0.150. The molecule has 0 bridgehead atoms. The highest BCUT2D eigenvalue weighted by Gasteiger charge is 2.29. The number of benzene rings is 3. The van der Waals surface area contributed by atoms with E-state index in [1.165, 1.54) is 30.3 Å². The van der Waals surface area contributed by atoms with E-state index in [2.05, 4.69) is 10.0 Å². The van der Waals surface area contributed by atoms with Crippen molar-refractivity contribution in [3.8, 4) is 5.75 Å². The zero-order chi connectivity index (χ0) is 21.8. The van der Waals surface area contributed by atoms with Crippen LogP contribution in [0.15, 0.2) is 71.8 Å². The molecule has 8 nitrogen and oxygen atoms in total. The van der Waals surface area contributed by atoms with Crippen molar-refractivity contribution in [1.82, 2.24) is 0 Å². The number of carbonyl (C=O) groups excluding carboxylic acids is 3. The Hall–Kier alpha value is -4.42. The molecule has 0 aromatic heterocycles. The fraction of sp³-hybridized carbons (Fsp3) is 0.0870. The van der Waals surface area contributed by atoms with Gasteiger partial charge in [-0.15, -0.1) is 0 Å². The highest BCUT2D eigenvalue weighted by atomic mass is 16.6. The van der Waals surface area contributed by atoms with Gasteiger partial charge in [-0.05, 0) is 35.9 Å². The van der Waals surface area contributed by atoms with Gasteiger partial charge in [0.25, 0.3) is 0 Å². The summed E-state index contributed by atoms with van der Waals surface area (Å²) >= 11 is 0. The van der Waals surface area contributed by atoms with Crippen LogP contribution in [0, 0.1) is 0 Å². The van der Waals surface area contributed by atoms with Gasteiger partial charge >= 0.3 is 5.97 Å². The fourth-order valence-corrected chi connectivity index (χ4v) is 3.26. The van der Waals surface area contributed by atoms with Gasteiger partial charge < -0.3 is 9.47 Å². The van der Waals surface area contributed by atoms with Gasteiger partial charge in [0, 0.05) is 32.9 Å². The molecule has 0 amide bonds. The van der Waals surface area contributed by atoms with Crippen LogP contribution in [0.3, 0.4) is 0 Å². The minimum atomic E-state index is -0.543. The molecule has 0 unspecified atom stereocenters. The molecule has 0 fully saturated rings. The molecule has 4 rings (SSSR count). The van der Waals surface area contributed by atoms with Gasteiger partial charge in [0.15, 0.2) is 11.6 Å². The second-order valence-electron chi connectivity index (χ2n) is 6.63. The Morgan fingerprint density at radius 1 is 0.839 bits per heavy atom. The van der Waals surface area contributed by atoms with Gasteiger partial charge in [-0.3, -0.25) is 9.59 Å². The van der Waals surface area contributed by atoms with Crippen LogP contribution in [0.1, 0.15) is 42.2 Å². The lowest BCUT2D eigenvalue weighted by molar-refractivity contribution is 0.0450. The van der Waals surface area contributed by atoms with Gasteiger partial charge in [0.1, 0.15) is 19.0 Å². The minimum absolute atomic E-state index is 0.0102. The molecule has 0 N–H and O–H groups in total. The number of ketones is 2. The molecule has 0 heterocycles. The molecule has 0 atom stereocenters. The van der Waals surface area contributed by atoms with Crippen molar-refractivity contribution in [1.29, 1.82) is 0 Å². The summed E-state index contributed by atoms with van der Waals surface area (Å²) in [6.45, 7) is 0.0593. The molecule has 0 saturated carbocycles. The van der Waals surface area contributed by atoms with Crippen LogP contribution in [0.2, 0.25) is 0 Å². The Morgan fingerprint density at radius 3 is 2.16 bits per heavy atom. The first-order valence-electron chi connectivity index (χ1n) is 9.36. The largest absolute Gasteiger partial charge is 0.490 e. The smallest absolute Gasteiger partial charge is 0.338 e. The zero-order valence-corrected chi connectivity index (χ0v) is 16.1. The van der Waals surface area contributed by atoms with Crippen molar-refractivity contribution < 1.29 is 23.9 Å². The topological polar surface area (TPSA) is 118 Å². The van der Waals surface area contributed by atoms with Crippen molar-refractivity contribution in [2.24, 2.45) is 5.11 Å². The van der Waals surface area contributed by atoms with E-state index in [9.17, 15) is 14.4 Å². The zero-order valence-electron chi connectivity index (χ0n) is 16.1. The molecule has 0 radical (unpaired) electrons. The minimum Gasteiger partial charge on any atom is -0.490 e. The monoisotopic (exact) mass is 413 g/mol. The highest BCUT2D eigenvalue weighted by Crippen LogP contribution is 2.29. The van der Waals surface area contributed by atoms with E-state index < -0.39 is 5.97 Å². The molecule has 3 aromatic rings. The van der Waals surface area contributed by atoms with E-state index in [1.54, 1.807) is 36.4 Å². The molecular formula is C23H15N3O5. The molecule has 1 aliphatic carbocycles. The maximum absolute atomic E-state index is 12.7. The van der Waals surface area contributed by atoms with E-state index >= 15 is 0 Å². The van der Waals surface area contributed by atoms with Crippen LogP contribution in [0.25, 0.3) is 10.4 Å². The van der Waals surface area contributed by atoms with Crippen molar-refractivity contribution in [3.63, 3.8) is 0 Å². The number of azide groups is 1. The first-order chi connectivity index (χ1) is 15.1. The van der Waals surface area contributed by atoms with Gasteiger partial charge in [0.2, 0.25) is 0 Å². The Balaban J connectivity index is 1.37. The summed E-state index contributed by atoms with van der Waals surface area (Å²) in [6, 6.07) is 17.4. The predicted octanol–water partition coefficient (Wildman–Crippen LogP) is 4.64. The summed E-state index contributed by atoms with van der Waals surface area (Å²) in [5.41, 5.74) is 10.5. The number of ether oxygens (including phenoxy) is 2. The molecule has 0 saturated heterocycles. The summed E-state index contributed by atoms with van der Waals surface area (Å²) in [7, 11) is 0. The summed E-state index contributed by atoms with van der Waals surface area (Å²) in [4.78, 5) is 40.1. The second-order valence-corrected chi connectivity index (χ2v) is 6.63. The maximum Gasteiger partial charge on any atom is 0.338 e. The number of hydrogen-bond acceptors (Lipinski definition) is 6. The number of esters is 1. The molecule has 1 aliphatic rings. The molecular weight excluding hydrogens is 398 g/mol. The van der Waals surface area contributed by atoms with Crippen molar-refractivity contribution in [2.45, 2.75) is 0 Å². The van der Waals surface area contributed by atoms with Crippen LogP contribution in [-0.4, -0.2) is 30.7 Å². The lowest BCUT2D eigenvalue weighted by Crippen LogP contribution is -2.21. The third kappa shape index (κ3) is 4.01. The molecule has 8 heteroatoms. The Kier molecular flexibility index (Phi) is 5.47. The van der Waals surface area contributed by atoms with Crippen LogP contribution in [0.4, 0.5) is 5.69 Å². The molecule has 0 aliphatic heterocycles. The van der Waals surface area contributed by atoms with Crippen LogP contribution in [-0.2, 0) is 4.74 Å². The molecule has 0 spiro atoms. The Bertz CT molecular complexity index is 1240. The van der Waals surface area contributed by atoms with Gasteiger partial charge in [-0.1, -0.05) is 41.5 Å².